The second kappa shape index (κ2) is 4.67. The van der Waals surface area contributed by atoms with Gasteiger partial charge in [-0.3, -0.25) is 9.69 Å². The molecule has 2 rings (SSSR count). The summed E-state index contributed by atoms with van der Waals surface area (Å²) in [6.07, 6.45) is 0.701. The lowest BCUT2D eigenvalue weighted by atomic mass is 9.90. The summed E-state index contributed by atoms with van der Waals surface area (Å²) < 4.78 is 0. The minimum absolute atomic E-state index is 0.591. The van der Waals surface area contributed by atoms with E-state index in [0.717, 1.165) is 23.7 Å². The first-order chi connectivity index (χ1) is 8.01. The Balaban J connectivity index is 2.04. The molecule has 1 saturated heterocycles. The number of halogens is 1. The third-order valence-electron chi connectivity index (χ3n) is 3.42. The molecular weight excluding hydrogens is 238 g/mol. The van der Waals surface area contributed by atoms with Crippen molar-refractivity contribution in [2.24, 2.45) is 5.41 Å². The topological polar surface area (TPSA) is 40.5 Å². The van der Waals surface area contributed by atoms with Gasteiger partial charge >= 0.3 is 5.97 Å². The maximum Gasteiger partial charge on any atom is 0.310 e. The van der Waals surface area contributed by atoms with E-state index in [2.05, 4.69) is 4.90 Å². The summed E-state index contributed by atoms with van der Waals surface area (Å²) in [7, 11) is 0. The number of hydrogen-bond acceptors (Lipinski definition) is 2. The Bertz CT molecular complexity index is 435. The van der Waals surface area contributed by atoms with Crippen molar-refractivity contribution in [1.29, 1.82) is 0 Å². The van der Waals surface area contributed by atoms with Gasteiger partial charge in [0.15, 0.2) is 0 Å². The lowest BCUT2D eigenvalue weighted by Crippen LogP contribution is -2.31. The zero-order chi connectivity index (χ0) is 12.5. The highest BCUT2D eigenvalue weighted by atomic mass is 35.5. The minimum atomic E-state index is -0.709. The highest BCUT2D eigenvalue weighted by Gasteiger charge is 2.40. The molecule has 0 amide bonds. The molecular formula is C13H16ClNO2. The number of likely N-dealkylation sites (tertiary alicyclic amines) is 1. The number of carboxylic acid groups (broad SMARTS) is 1. The Morgan fingerprint density at radius 3 is 2.82 bits per heavy atom. The van der Waals surface area contributed by atoms with Gasteiger partial charge in [-0.1, -0.05) is 29.8 Å². The maximum atomic E-state index is 11.1. The van der Waals surface area contributed by atoms with Crippen LogP contribution in [0, 0.1) is 5.41 Å². The first kappa shape index (κ1) is 12.4. The predicted molar refractivity (Wildman–Crippen MR) is 67.1 cm³/mol. The molecule has 17 heavy (non-hydrogen) atoms. The fourth-order valence-corrected chi connectivity index (χ4v) is 2.43. The van der Waals surface area contributed by atoms with Crippen LogP contribution >= 0.6 is 11.6 Å². The number of aliphatic carboxylic acids is 1. The summed E-state index contributed by atoms with van der Waals surface area (Å²) >= 11 is 6.09. The number of rotatable bonds is 3. The molecule has 1 unspecified atom stereocenters. The molecule has 1 fully saturated rings. The summed E-state index contributed by atoms with van der Waals surface area (Å²) in [5.74, 6) is -0.709. The molecule has 1 atom stereocenters. The lowest BCUT2D eigenvalue weighted by Gasteiger charge is -2.20. The van der Waals surface area contributed by atoms with Gasteiger partial charge in [0.05, 0.1) is 5.41 Å². The van der Waals surface area contributed by atoms with E-state index >= 15 is 0 Å². The number of hydrogen-bond donors (Lipinski definition) is 1. The molecule has 1 aliphatic heterocycles. The van der Waals surface area contributed by atoms with Gasteiger partial charge in [-0.15, -0.1) is 0 Å². The highest BCUT2D eigenvalue weighted by molar-refractivity contribution is 6.31. The van der Waals surface area contributed by atoms with Crippen molar-refractivity contribution in [3.63, 3.8) is 0 Å². The Morgan fingerprint density at radius 2 is 2.24 bits per heavy atom. The monoisotopic (exact) mass is 253 g/mol. The normalized spacial score (nSPS) is 25.1. The average Bonchev–Trinajstić information content (AvgIpc) is 2.65. The number of carboxylic acids is 1. The summed E-state index contributed by atoms with van der Waals surface area (Å²) in [6.45, 7) is 3.94. The Kier molecular flexibility index (Phi) is 3.40. The van der Waals surface area contributed by atoms with Crippen LogP contribution in [0.5, 0.6) is 0 Å². The maximum absolute atomic E-state index is 11.1. The highest BCUT2D eigenvalue weighted by Crippen LogP contribution is 2.31. The lowest BCUT2D eigenvalue weighted by molar-refractivity contribution is -0.147. The molecule has 0 radical (unpaired) electrons. The Hall–Kier alpha value is -1.06. The van der Waals surface area contributed by atoms with E-state index in [0.29, 0.717) is 13.0 Å². The van der Waals surface area contributed by atoms with E-state index in [9.17, 15) is 4.79 Å². The molecule has 0 bridgehead atoms. The van der Waals surface area contributed by atoms with Crippen LogP contribution in [0.1, 0.15) is 18.9 Å². The van der Waals surface area contributed by atoms with Crippen LogP contribution in [0.4, 0.5) is 0 Å². The van der Waals surface area contributed by atoms with E-state index in [1.54, 1.807) is 0 Å². The Morgan fingerprint density at radius 1 is 1.53 bits per heavy atom. The first-order valence-electron chi connectivity index (χ1n) is 5.70. The molecule has 4 heteroatoms. The fraction of sp³-hybridized carbons (Fsp3) is 0.462. The van der Waals surface area contributed by atoms with E-state index in [1.165, 1.54) is 0 Å². The third-order valence-corrected chi connectivity index (χ3v) is 3.79. The van der Waals surface area contributed by atoms with Crippen LogP contribution < -0.4 is 0 Å². The summed E-state index contributed by atoms with van der Waals surface area (Å²) in [6, 6.07) is 7.70. The molecule has 1 aliphatic rings. The summed E-state index contributed by atoms with van der Waals surface area (Å²) in [5, 5.41) is 9.90. The molecule has 0 saturated carbocycles. The molecule has 0 aliphatic carbocycles. The number of benzene rings is 1. The summed E-state index contributed by atoms with van der Waals surface area (Å²) in [4.78, 5) is 13.3. The van der Waals surface area contributed by atoms with E-state index in [-0.39, 0.29) is 0 Å². The molecule has 1 heterocycles. The zero-order valence-electron chi connectivity index (χ0n) is 9.82. The Labute approximate surface area is 106 Å². The number of nitrogens with zero attached hydrogens (tertiary/aromatic N) is 1. The molecule has 0 aromatic heterocycles. The van der Waals surface area contributed by atoms with Crippen LogP contribution in [0.15, 0.2) is 24.3 Å². The second-order valence-electron chi connectivity index (χ2n) is 4.92. The van der Waals surface area contributed by atoms with Crippen LogP contribution in [0.2, 0.25) is 5.02 Å². The van der Waals surface area contributed by atoms with Crippen molar-refractivity contribution in [3.05, 3.63) is 34.9 Å². The standard InChI is InChI=1S/C13H16ClNO2/c1-13(12(16)17)6-7-15(9-13)8-10-4-2-3-5-11(10)14/h2-5H,6-9H2,1H3,(H,16,17). The average molecular weight is 254 g/mol. The smallest absolute Gasteiger partial charge is 0.310 e. The van der Waals surface area contributed by atoms with Crippen molar-refractivity contribution in [2.75, 3.05) is 13.1 Å². The predicted octanol–water partition coefficient (Wildman–Crippen LogP) is 2.64. The summed E-state index contributed by atoms with van der Waals surface area (Å²) in [5.41, 5.74) is 0.449. The molecule has 1 aromatic carbocycles. The van der Waals surface area contributed by atoms with Gasteiger partial charge in [-0.25, -0.2) is 0 Å². The third kappa shape index (κ3) is 2.61. The van der Waals surface area contributed by atoms with Gasteiger partial charge in [-0.2, -0.15) is 0 Å². The van der Waals surface area contributed by atoms with Gasteiger partial charge < -0.3 is 5.11 Å². The quantitative estimate of drug-likeness (QED) is 0.900. The van der Waals surface area contributed by atoms with Crippen LogP contribution in [-0.2, 0) is 11.3 Å². The van der Waals surface area contributed by atoms with Crippen molar-refractivity contribution < 1.29 is 9.90 Å². The van der Waals surface area contributed by atoms with Gasteiger partial charge in [0, 0.05) is 18.1 Å². The fourth-order valence-electron chi connectivity index (χ4n) is 2.23. The van der Waals surface area contributed by atoms with Gasteiger partial charge in [0.2, 0.25) is 0 Å². The van der Waals surface area contributed by atoms with Gasteiger partial charge in [0.25, 0.3) is 0 Å². The second-order valence-corrected chi connectivity index (χ2v) is 5.33. The van der Waals surface area contributed by atoms with Crippen LogP contribution in [0.3, 0.4) is 0 Å². The van der Waals surface area contributed by atoms with E-state index in [4.69, 9.17) is 16.7 Å². The van der Waals surface area contributed by atoms with Crippen LogP contribution in [0.25, 0.3) is 0 Å². The molecule has 1 N–H and O–H groups in total. The largest absolute Gasteiger partial charge is 0.481 e. The van der Waals surface area contributed by atoms with Gasteiger partial charge in [-0.05, 0) is 31.5 Å². The zero-order valence-corrected chi connectivity index (χ0v) is 10.6. The minimum Gasteiger partial charge on any atom is -0.481 e. The molecule has 0 spiro atoms. The van der Waals surface area contributed by atoms with E-state index in [1.807, 2.05) is 31.2 Å². The van der Waals surface area contributed by atoms with Gasteiger partial charge in [0.1, 0.15) is 0 Å². The van der Waals surface area contributed by atoms with E-state index < -0.39 is 11.4 Å². The molecule has 1 aromatic rings. The van der Waals surface area contributed by atoms with Crippen molar-refractivity contribution >= 4 is 17.6 Å². The first-order valence-corrected chi connectivity index (χ1v) is 6.08. The molecule has 92 valence electrons. The van der Waals surface area contributed by atoms with Crippen molar-refractivity contribution in [1.82, 2.24) is 4.90 Å². The molecule has 3 nitrogen and oxygen atoms in total. The van der Waals surface area contributed by atoms with Crippen LogP contribution in [-0.4, -0.2) is 29.1 Å². The van der Waals surface area contributed by atoms with Crippen molar-refractivity contribution in [3.8, 4) is 0 Å². The van der Waals surface area contributed by atoms with Crippen molar-refractivity contribution in [2.45, 2.75) is 19.9 Å². The number of carbonyl (C=O) groups is 1. The SMILES string of the molecule is CC1(C(=O)O)CCN(Cc2ccccc2Cl)C1.